The van der Waals surface area contributed by atoms with Gasteiger partial charge in [0.15, 0.2) is 0 Å². The smallest absolute Gasteiger partial charge is 0.256 e. The van der Waals surface area contributed by atoms with Crippen molar-refractivity contribution in [3.05, 3.63) is 41.6 Å². The molecule has 3 rings (SSSR count). The Morgan fingerprint density at radius 1 is 1.35 bits per heavy atom. The Bertz CT molecular complexity index is 653. The van der Waals surface area contributed by atoms with Crippen molar-refractivity contribution in [2.24, 2.45) is 0 Å². The number of nitrogens with zero attached hydrogens (tertiary/aromatic N) is 2. The average molecular weight is 269 g/mol. The maximum Gasteiger partial charge on any atom is 0.256 e. The molecule has 4 heteroatoms. The normalized spacial score (nSPS) is 19.3. The van der Waals surface area contributed by atoms with E-state index in [9.17, 15) is 4.79 Å². The molecule has 1 unspecified atom stereocenters. The van der Waals surface area contributed by atoms with E-state index in [0.717, 1.165) is 36.2 Å². The van der Waals surface area contributed by atoms with Crippen LogP contribution in [0.15, 0.2) is 30.3 Å². The predicted octanol–water partition coefficient (Wildman–Crippen LogP) is 1.98. The maximum absolute atomic E-state index is 12.7. The van der Waals surface area contributed by atoms with Crippen molar-refractivity contribution in [1.29, 1.82) is 0 Å². The highest BCUT2D eigenvalue weighted by Crippen LogP contribution is 2.19. The molecule has 0 saturated carbocycles. The fourth-order valence-electron chi connectivity index (χ4n) is 2.70. The fourth-order valence-corrected chi connectivity index (χ4v) is 2.70. The first-order valence-corrected chi connectivity index (χ1v) is 7.04. The van der Waals surface area contributed by atoms with Crippen molar-refractivity contribution < 1.29 is 4.79 Å². The van der Waals surface area contributed by atoms with Gasteiger partial charge in [-0.05, 0) is 26.0 Å². The first-order chi connectivity index (χ1) is 9.65. The molecule has 2 heterocycles. The Kier molecular flexibility index (Phi) is 3.40. The number of hydrogen-bond donors (Lipinski definition) is 1. The van der Waals surface area contributed by atoms with Gasteiger partial charge in [0.2, 0.25) is 0 Å². The summed E-state index contributed by atoms with van der Waals surface area (Å²) in [6, 6.07) is 10.1. The van der Waals surface area contributed by atoms with Gasteiger partial charge in [0.1, 0.15) is 0 Å². The molecule has 0 bridgehead atoms. The van der Waals surface area contributed by atoms with E-state index in [1.54, 1.807) is 0 Å². The molecule has 1 fully saturated rings. The highest BCUT2D eigenvalue weighted by molar-refractivity contribution is 6.05. The van der Waals surface area contributed by atoms with Crippen molar-refractivity contribution in [3.8, 4) is 0 Å². The summed E-state index contributed by atoms with van der Waals surface area (Å²) < 4.78 is 0. The van der Waals surface area contributed by atoms with Crippen LogP contribution >= 0.6 is 0 Å². The van der Waals surface area contributed by atoms with Crippen LogP contribution < -0.4 is 5.32 Å². The first-order valence-electron chi connectivity index (χ1n) is 7.04. The number of carbonyl (C=O) groups is 1. The number of benzene rings is 1. The molecule has 1 saturated heterocycles. The van der Waals surface area contributed by atoms with Gasteiger partial charge in [-0.2, -0.15) is 0 Å². The van der Waals surface area contributed by atoms with Crippen molar-refractivity contribution in [1.82, 2.24) is 15.2 Å². The van der Waals surface area contributed by atoms with Crippen LogP contribution in [-0.2, 0) is 0 Å². The second-order valence-electron chi connectivity index (χ2n) is 5.44. The van der Waals surface area contributed by atoms with Crippen LogP contribution in [0.3, 0.4) is 0 Å². The Balaban J connectivity index is 2.00. The van der Waals surface area contributed by atoms with Crippen molar-refractivity contribution in [2.75, 3.05) is 19.6 Å². The Labute approximate surface area is 118 Å². The average Bonchev–Trinajstić information content (AvgIpc) is 2.46. The highest BCUT2D eigenvalue weighted by atomic mass is 16.2. The number of hydrogen-bond acceptors (Lipinski definition) is 3. The number of nitrogens with one attached hydrogen (secondary N) is 1. The van der Waals surface area contributed by atoms with Gasteiger partial charge < -0.3 is 10.2 Å². The minimum atomic E-state index is 0.0852. The van der Waals surface area contributed by atoms with Crippen LogP contribution in [-0.4, -0.2) is 41.5 Å². The lowest BCUT2D eigenvalue weighted by Gasteiger charge is -2.32. The van der Waals surface area contributed by atoms with E-state index in [0.29, 0.717) is 11.6 Å². The number of fused-ring (bicyclic) bond motifs is 1. The number of amides is 1. The molecule has 1 aliphatic rings. The number of rotatable bonds is 1. The van der Waals surface area contributed by atoms with Gasteiger partial charge in [0, 0.05) is 36.8 Å². The predicted molar refractivity (Wildman–Crippen MR) is 79.8 cm³/mol. The number of para-hydroxylation sites is 1. The number of carbonyl (C=O) groups excluding carboxylic acids is 1. The SMILES string of the molecule is Cc1ccc2cccc(C(=O)N3CCNC(C)C3)c2n1. The van der Waals surface area contributed by atoms with Crippen LogP contribution in [0.4, 0.5) is 0 Å². The Morgan fingerprint density at radius 2 is 2.20 bits per heavy atom. The quantitative estimate of drug-likeness (QED) is 0.861. The van der Waals surface area contributed by atoms with Gasteiger partial charge in [0.05, 0.1) is 11.1 Å². The maximum atomic E-state index is 12.7. The van der Waals surface area contributed by atoms with Crippen LogP contribution in [0.2, 0.25) is 0 Å². The lowest BCUT2D eigenvalue weighted by molar-refractivity contribution is 0.0711. The number of pyridine rings is 1. The standard InChI is InChI=1S/C16H19N3O/c1-11-6-7-13-4-3-5-14(15(13)18-11)16(20)19-9-8-17-12(2)10-19/h3-7,12,17H,8-10H2,1-2H3. The van der Waals surface area contributed by atoms with Gasteiger partial charge >= 0.3 is 0 Å². The molecule has 1 amide bonds. The molecule has 0 aliphatic carbocycles. The van der Waals surface area contributed by atoms with Crippen molar-refractivity contribution >= 4 is 16.8 Å². The largest absolute Gasteiger partial charge is 0.336 e. The molecule has 20 heavy (non-hydrogen) atoms. The third-order valence-electron chi connectivity index (χ3n) is 3.75. The molecule has 1 aromatic heterocycles. The molecule has 1 N–H and O–H groups in total. The van der Waals surface area contributed by atoms with E-state index < -0.39 is 0 Å². The summed E-state index contributed by atoms with van der Waals surface area (Å²) >= 11 is 0. The van der Waals surface area contributed by atoms with E-state index in [-0.39, 0.29) is 5.91 Å². The Hall–Kier alpha value is -1.94. The van der Waals surface area contributed by atoms with E-state index in [1.165, 1.54) is 0 Å². The topological polar surface area (TPSA) is 45.2 Å². The fraction of sp³-hybridized carbons (Fsp3) is 0.375. The van der Waals surface area contributed by atoms with Crippen molar-refractivity contribution in [2.45, 2.75) is 19.9 Å². The number of aryl methyl sites for hydroxylation is 1. The van der Waals surface area contributed by atoms with Gasteiger partial charge in [0.25, 0.3) is 5.91 Å². The molecule has 1 aliphatic heterocycles. The summed E-state index contributed by atoms with van der Waals surface area (Å²) in [4.78, 5) is 19.2. The highest BCUT2D eigenvalue weighted by Gasteiger charge is 2.23. The lowest BCUT2D eigenvalue weighted by Crippen LogP contribution is -2.51. The summed E-state index contributed by atoms with van der Waals surface area (Å²) in [5.74, 6) is 0.0852. The zero-order chi connectivity index (χ0) is 14.1. The van der Waals surface area contributed by atoms with Crippen LogP contribution in [0.5, 0.6) is 0 Å². The minimum Gasteiger partial charge on any atom is -0.336 e. The van der Waals surface area contributed by atoms with E-state index in [4.69, 9.17) is 0 Å². The first kappa shape index (κ1) is 13.1. The Morgan fingerprint density at radius 3 is 3.00 bits per heavy atom. The van der Waals surface area contributed by atoms with E-state index >= 15 is 0 Å². The zero-order valence-electron chi connectivity index (χ0n) is 11.9. The molecule has 1 atom stereocenters. The molecule has 4 nitrogen and oxygen atoms in total. The molecule has 0 radical (unpaired) electrons. The summed E-state index contributed by atoms with van der Waals surface area (Å²) in [7, 11) is 0. The molecule has 1 aromatic carbocycles. The molecule has 104 valence electrons. The van der Waals surface area contributed by atoms with E-state index in [1.807, 2.05) is 42.2 Å². The molecular formula is C16H19N3O. The molecule has 2 aromatic rings. The van der Waals surface area contributed by atoms with E-state index in [2.05, 4.69) is 17.2 Å². The lowest BCUT2D eigenvalue weighted by atomic mass is 10.1. The second-order valence-corrected chi connectivity index (χ2v) is 5.44. The second kappa shape index (κ2) is 5.21. The third kappa shape index (κ3) is 2.39. The van der Waals surface area contributed by atoms with Gasteiger partial charge in [-0.25, -0.2) is 0 Å². The summed E-state index contributed by atoms with van der Waals surface area (Å²) in [6.07, 6.45) is 0. The van der Waals surface area contributed by atoms with Gasteiger partial charge in [-0.1, -0.05) is 18.2 Å². The van der Waals surface area contributed by atoms with Crippen LogP contribution in [0, 0.1) is 6.92 Å². The summed E-state index contributed by atoms with van der Waals surface area (Å²) in [5.41, 5.74) is 2.45. The number of aromatic nitrogens is 1. The monoisotopic (exact) mass is 269 g/mol. The zero-order valence-corrected chi connectivity index (χ0v) is 11.9. The van der Waals surface area contributed by atoms with Crippen LogP contribution in [0.25, 0.3) is 10.9 Å². The third-order valence-corrected chi connectivity index (χ3v) is 3.75. The molecule has 0 spiro atoms. The van der Waals surface area contributed by atoms with Gasteiger partial charge in [-0.3, -0.25) is 9.78 Å². The van der Waals surface area contributed by atoms with Crippen molar-refractivity contribution in [3.63, 3.8) is 0 Å². The molecular weight excluding hydrogens is 250 g/mol. The summed E-state index contributed by atoms with van der Waals surface area (Å²) in [5, 5.41) is 4.37. The minimum absolute atomic E-state index is 0.0852. The van der Waals surface area contributed by atoms with Crippen LogP contribution in [0.1, 0.15) is 23.0 Å². The number of piperazine rings is 1. The van der Waals surface area contributed by atoms with Gasteiger partial charge in [-0.15, -0.1) is 0 Å². The summed E-state index contributed by atoms with van der Waals surface area (Å²) in [6.45, 7) is 6.41.